The summed E-state index contributed by atoms with van der Waals surface area (Å²) < 4.78 is 0.845. The van der Waals surface area contributed by atoms with Crippen LogP contribution in [0.2, 0.25) is 0 Å². The third kappa shape index (κ3) is 4.02. The first kappa shape index (κ1) is 15.9. The second-order valence-corrected chi connectivity index (χ2v) is 6.54. The predicted octanol–water partition coefficient (Wildman–Crippen LogP) is 4.03. The summed E-state index contributed by atoms with van der Waals surface area (Å²) in [6.07, 6.45) is 2.04. The number of carbonyl (C=O) groups excluding carboxylic acids is 1. The summed E-state index contributed by atoms with van der Waals surface area (Å²) in [6, 6.07) is 13.5. The maximum Gasteiger partial charge on any atom is 0.256 e. The third-order valence-corrected chi connectivity index (χ3v) is 4.41. The third-order valence-electron chi connectivity index (χ3n) is 3.17. The molecule has 0 heterocycles. The van der Waals surface area contributed by atoms with Crippen LogP contribution in [-0.4, -0.2) is 24.1 Å². The van der Waals surface area contributed by atoms with Crippen LogP contribution in [-0.2, 0) is 6.54 Å². The number of amides is 1. The summed E-state index contributed by atoms with van der Waals surface area (Å²) >= 11 is 5.07. The van der Waals surface area contributed by atoms with Crippen molar-refractivity contribution in [2.45, 2.75) is 11.4 Å². The van der Waals surface area contributed by atoms with E-state index in [-0.39, 0.29) is 5.91 Å². The van der Waals surface area contributed by atoms with Crippen molar-refractivity contribution < 1.29 is 4.79 Å². The van der Waals surface area contributed by atoms with Crippen LogP contribution in [0.25, 0.3) is 0 Å². The highest BCUT2D eigenvalue weighted by Crippen LogP contribution is 2.21. The van der Waals surface area contributed by atoms with Gasteiger partial charge in [0.05, 0.1) is 5.56 Å². The Balaban J connectivity index is 2.13. The molecule has 2 rings (SSSR count). The predicted molar refractivity (Wildman–Crippen MR) is 92.6 cm³/mol. The van der Waals surface area contributed by atoms with Gasteiger partial charge in [-0.1, -0.05) is 28.1 Å². The molecule has 0 bridgehead atoms. The van der Waals surface area contributed by atoms with E-state index in [4.69, 9.17) is 5.73 Å². The highest BCUT2D eigenvalue weighted by atomic mass is 79.9. The number of halogens is 1. The lowest BCUT2D eigenvalue weighted by molar-refractivity contribution is 0.0786. The van der Waals surface area contributed by atoms with E-state index in [1.54, 1.807) is 35.8 Å². The number of nitrogens with zero attached hydrogens (tertiary/aromatic N) is 1. The lowest BCUT2D eigenvalue weighted by Crippen LogP contribution is -2.27. The van der Waals surface area contributed by atoms with E-state index >= 15 is 0 Å². The number of benzene rings is 2. The van der Waals surface area contributed by atoms with E-state index in [1.165, 1.54) is 4.90 Å². The summed E-state index contributed by atoms with van der Waals surface area (Å²) in [6.45, 7) is 0.555. The summed E-state index contributed by atoms with van der Waals surface area (Å²) in [4.78, 5) is 15.4. The second-order valence-electron chi connectivity index (χ2n) is 4.74. The average molecular weight is 365 g/mol. The van der Waals surface area contributed by atoms with Gasteiger partial charge in [-0.15, -0.1) is 11.8 Å². The number of nitrogens with two attached hydrogens (primary N) is 1. The smallest absolute Gasteiger partial charge is 0.256 e. The molecular formula is C16H17BrN2OS. The Hall–Kier alpha value is -1.46. The largest absolute Gasteiger partial charge is 0.398 e. The van der Waals surface area contributed by atoms with Gasteiger partial charge in [-0.05, 0) is 42.2 Å². The summed E-state index contributed by atoms with van der Waals surface area (Å²) in [7, 11) is 1.78. The topological polar surface area (TPSA) is 46.3 Å². The monoisotopic (exact) mass is 364 g/mol. The number of carbonyl (C=O) groups is 1. The molecule has 3 nitrogen and oxygen atoms in total. The molecule has 0 spiro atoms. The normalized spacial score (nSPS) is 10.4. The van der Waals surface area contributed by atoms with Gasteiger partial charge in [0.25, 0.3) is 5.91 Å². The highest BCUT2D eigenvalue weighted by Gasteiger charge is 2.15. The summed E-state index contributed by atoms with van der Waals surface area (Å²) in [5, 5.41) is 0. The van der Waals surface area contributed by atoms with Gasteiger partial charge < -0.3 is 10.6 Å². The molecule has 0 aromatic heterocycles. The number of hydrogen-bond acceptors (Lipinski definition) is 3. The fourth-order valence-electron chi connectivity index (χ4n) is 2.00. The Morgan fingerprint density at radius 2 is 1.90 bits per heavy atom. The molecule has 0 aliphatic heterocycles. The van der Waals surface area contributed by atoms with Gasteiger partial charge in [0.1, 0.15) is 0 Å². The molecule has 0 atom stereocenters. The van der Waals surface area contributed by atoms with Crippen LogP contribution in [0.5, 0.6) is 0 Å². The standard InChI is InChI=1S/C16H17BrN2OS/c1-19(10-11-3-6-13(21-2)7-4-11)16(20)14-9-12(17)5-8-15(14)18/h3-9H,10,18H2,1-2H3. The Labute approximate surface area is 137 Å². The highest BCUT2D eigenvalue weighted by molar-refractivity contribution is 9.10. The first-order valence-electron chi connectivity index (χ1n) is 6.44. The van der Waals surface area contributed by atoms with Gasteiger partial charge in [0.2, 0.25) is 0 Å². The van der Waals surface area contributed by atoms with Crippen LogP contribution in [0.3, 0.4) is 0 Å². The lowest BCUT2D eigenvalue weighted by atomic mass is 10.1. The zero-order valence-corrected chi connectivity index (χ0v) is 14.4. The van der Waals surface area contributed by atoms with Gasteiger partial charge >= 0.3 is 0 Å². The van der Waals surface area contributed by atoms with Gasteiger partial charge in [-0.25, -0.2) is 0 Å². The van der Waals surface area contributed by atoms with Crippen molar-refractivity contribution in [1.29, 1.82) is 0 Å². The molecule has 2 N–H and O–H groups in total. The maximum absolute atomic E-state index is 12.5. The molecule has 1 amide bonds. The average Bonchev–Trinajstić information content (AvgIpc) is 2.49. The number of thioether (sulfide) groups is 1. The minimum absolute atomic E-state index is 0.0808. The fourth-order valence-corrected chi connectivity index (χ4v) is 2.77. The molecule has 0 aliphatic rings. The molecule has 5 heteroatoms. The van der Waals surface area contributed by atoms with Crippen LogP contribution in [0.1, 0.15) is 15.9 Å². The lowest BCUT2D eigenvalue weighted by Gasteiger charge is -2.18. The Bertz CT molecular complexity index is 643. The van der Waals surface area contributed by atoms with Crippen molar-refractivity contribution in [1.82, 2.24) is 4.90 Å². The van der Waals surface area contributed by atoms with Gasteiger partial charge in [0, 0.05) is 28.6 Å². The van der Waals surface area contributed by atoms with Gasteiger partial charge in [0.15, 0.2) is 0 Å². The fraction of sp³-hybridized carbons (Fsp3) is 0.188. The van der Waals surface area contributed by atoms with Crippen LogP contribution in [0, 0.1) is 0 Å². The van der Waals surface area contributed by atoms with E-state index in [2.05, 4.69) is 28.1 Å². The number of anilines is 1. The molecule has 0 aliphatic carbocycles. The van der Waals surface area contributed by atoms with E-state index < -0.39 is 0 Å². The van der Waals surface area contributed by atoms with Crippen LogP contribution < -0.4 is 5.73 Å². The van der Waals surface area contributed by atoms with Crippen molar-refractivity contribution in [3.8, 4) is 0 Å². The quantitative estimate of drug-likeness (QED) is 0.658. The number of hydrogen-bond donors (Lipinski definition) is 1. The number of rotatable bonds is 4. The van der Waals surface area contributed by atoms with E-state index in [0.717, 1.165) is 10.0 Å². The van der Waals surface area contributed by atoms with Gasteiger partial charge in [-0.2, -0.15) is 0 Å². The zero-order chi connectivity index (χ0) is 15.4. The van der Waals surface area contributed by atoms with Crippen molar-refractivity contribution in [2.24, 2.45) is 0 Å². The van der Waals surface area contributed by atoms with E-state index in [0.29, 0.717) is 17.8 Å². The summed E-state index contributed by atoms with van der Waals surface area (Å²) in [5.41, 5.74) is 8.00. The van der Waals surface area contributed by atoms with Crippen molar-refractivity contribution in [3.05, 3.63) is 58.1 Å². The molecule has 110 valence electrons. The maximum atomic E-state index is 12.5. The Morgan fingerprint density at radius 3 is 2.52 bits per heavy atom. The molecule has 21 heavy (non-hydrogen) atoms. The van der Waals surface area contributed by atoms with E-state index in [9.17, 15) is 4.79 Å². The SMILES string of the molecule is CSc1ccc(CN(C)C(=O)c2cc(Br)ccc2N)cc1. The Morgan fingerprint density at radius 1 is 1.24 bits per heavy atom. The molecule has 0 radical (unpaired) electrons. The van der Waals surface area contributed by atoms with Gasteiger partial charge in [-0.3, -0.25) is 4.79 Å². The minimum atomic E-state index is -0.0808. The van der Waals surface area contributed by atoms with Crippen LogP contribution in [0.4, 0.5) is 5.69 Å². The molecular weight excluding hydrogens is 348 g/mol. The molecule has 0 unspecified atom stereocenters. The van der Waals surface area contributed by atoms with Crippen molar-refractivity contribution in [2.75, 3.05) is 19.0 Å². The molecule has 0 saturated carbocycles. The van der Waals surface area contributed by atoms with Crippen LogP contribution >= 0.6 is 27.7 Å². The number of nitrogen functional groups attached to an aromatic ring is 1. The molecule has 0 fully saturated rings. The van der Waals surface area contributed by atoms with E-state index in [1.807, 2.05) is 24.5 Å². The molecule has 0 saturated heterocycles. The second kappa shape index (κ2) is 7.00. The Kier molecular flexibility index (Phi) is 5.31. The minimum Gasteiger partial charge on any atom is -0.398 e. The summed E-state index contributed by atoms with van der Waals surface area (Å²) in [5.74, 6) is -0.0808. The first-order valence-corrected chi connectivity index (χ1v) is 8.46. The zero-order valence-electron chi connectivity index (χ0n) is 12.0. The molecule has 2 aromatic rings. The first-order chi connectivity index (χ1) is 10.0. The van der Waals surface area contributed by atoms with Crippen molar-refractivity contribution in [3.63, 3.8) is 0 Å². The van der Waals surface area contributed by atoms with Crippen LogP contribution in [0.15, 0.2) is 51.8 Å². The molecule has 2 aromatic carbocycles. The van der Waals surface area contributed by atoms with Crippen molar-refractivity contribution >= 4 is 39.3 Å².